The van der Waals surface area contributed by atoms with E-state index in [-0.39, 0.29) is 0 Å². The van der Waals surface area contributed by atoms with Crippen molar-refractivity contribution in [3.8, 4) is 0 Å². The molecule has 0 saturated carbocycles. The molecule has 0 amide bonds. The lowest BCUT2D eigenvalue weighted by Gasteiger charge is -1.99. The molecular formula is C13H12BrNS. The van der Waals surface area contributed by atoms with Gasteiger partial charge in [-0.2, -0.15) is 0 Å². The fourth-order valence-electron chi connectivity index (χ4n) is 1.36. The fourth-order valence-corrected chi connectivity index (χ4v) is 2.68. The molecular weight excluding hydrogens is 282 g/mol. The molecule has 1 aromatic carbocycles. The van der Waals surface area contributed by atoms with Crippen LogP contribution in [0.15, 0.2) is 40.2 Å². The molecule has 16 heavy (non-hydrogen) atoms. The summed E-state index contributed by atoms with van der Waals surface area (Å²) in [7, 11) is 1.92. The van der Waals surface area contributed by atoms with E-state index in [2.05, 4.69) is 69.8 Å². The molecule has 1 nitrogen and oxygen atoms in total. The summed E-state index contributed by atoms with van der Waals surface area (Å²) in [5.41, 5.74) is 2.35. The van der Waals surface area contributed by atoms with Crippen LogP contribution < -0.4 is 5.32 Å². The van der Waals surface area contributed by atoms with Crippen LogP contribution in [0.1, 0.15) is 10.4 Å². The number of nitrogens with one attached hydrogen (secondary N) is 1. The van der Waals surface area contributed by atoms with E-state index in [9.17, 15) is 0 Å². The Morgan fingerprint density at radius 2 is 1.81 bits per heavy atom. The zero-order valence-corrected chi connectivity index (χ0v) is 11.3. The molecule has 0 fully saturated rings. The van der Waals surface area contributed by atoms with Gasteiger partial charge in [0.15, 0.2) is 0 Å². The Balaban J connectivity index is 2.11. The van der Waals surface area contributed by atoms with Crippen LogP contribution in [0.5, 0.6) is 0 Å². The third-order valence-electron chi connectivity index (χ3n) is 2.23. The highest BCUT2D eigenvalue weighted by atomic mass is 79.9. The number of anilines is 1. The average molecular weight is 294 g/mol. The van der Waals surface area contributed by atoms with Gasteiger partial charge in [0.1, 0.15) is 0 Å². The summed E-state index contributed by atoms with van der Waals surface area (Å²) in [6, 6.07) is 12.5. The highest BCUT2D eigenvalue weighted by Crippen LogP contribution is 2.23. The topological polar surface area (TPSA) is 12.0 Å². The van der Waals surface area contributed by atoms with Crippen LogP contribution >= 0.6 is 27.3 Å². The molecule has 1 aromatic heterocycles. The fraction of sp³-hybridized carbons (Fsp3) is 0.0769. The molecule has 0 spiro atoms. The highest BCUT2D eigenvalue weighted by molar-refractivity contribution is 9.11. The van der Waals surface area contributed by atoms with Crippen molar-refractivity contribution in [2.75, 3.05) is 12.4 Å². The normalized spacial score (nSPS) is 10.9. The minimum absolute atomic E-state index is 1.14. The standard InChI is InChI=1S/C13H12BrNS/c1-15-11-5-2-10(3-6-11)4-7-12-8-9-13(14)16-12/h2-9,15H,1H3/b7-4+. The molecule has 0 aliphatic carbocycles. The maximum absolute atomic E-state index is 3.45. The van der Waals surface area contributed by atoms with E-state index in [0.29, 0.717) is 0 Å². The van der Waals surface area contributed by atoms with Gasteiger partial charge in [-0.05, 0) is 51.8 Å². The molecule has 0 aliphatic rings. The van der Waals surface area contributed by atoms with Crippen molar-refractivity contribution >= 4 is 45.1 Å². The van der Waals surface area contributed by atoms with Crippen LogP contribution in [0.3, 0.4) is 0 Å². The van der Waals surface area contributed by atoms with Crippen LogP contribution in [-0.2, 0) is 0 Å². The van der Waals surface area contributed by atoms with Gasteiger partial charge in [0.2, 0.25) is 0 Å². The minimum Gasteiger partial charge on any atom is -0.388 e. The Labute approximate surface area is 108 Å². The third-order valence-corrected chi connectivity index (χ3v) is 3.82. The van der Waals surface area contributed by atoms with Crippen molar-refractivity contribution in [1.82, 2.24) is 0 Å². The van der Waals surface area contributed by atoms with Gasteiger partial charge in [-0.25, -0.2) is 0 Å². The molecule has 3 heteroatoms. The van der Waals surface area contributed by atoms with Crippen molar-refractivity contribution in [2.45, 2.75) is 0 Å². The van der Waals surface area contributed by atoms with E-state index in [1.807, 2.05) is 7.05 Å². The third kappa shape index (κ3) is 2.97. The first-order valence-corrected chi connectivity index (χ1v) is 6.60. The molecule has 0 unspecified atom stereocenters. The molecule has 2 aromatic rings. The molecule has 82 valence electrons. The lowest BCUT2D eigenvalue weighted by atomic mass is 10.2. The van der Waals surface area contributed by atoms with Crippen molar-refractivity contribution in [1.29, 1.82) is 0 Å². The molecule has 0 saturated heterocycles. The largest absolute Gasteiger partial charge is 0.388 e. The summed E-state index contributed by atoms with van der Waals surface area (Å²) < 4.78 is 1.16. The predicted molar refractivity (Wildman–Crippen MR) is 76.9 cm³/mol. The van der Waals surface area contributed by atoms with E-state index >= 15 is 0 Å². The summed E-state index contributed by atoms with van der Waals surface area (Å²) in [6.45, 7) is 0. The summed E-state index contributed by atoms with van der Waals surface area (Å²) in [5.74, 6) is 0. The van der Waals surface area contributed by atoms with Gasteiger partial charge in [0.05, 0.1) is 3.79 Å². The minimum atomic E-state index is 1.14. The second-order valence-electron chi connectivity index (χ2n) is 3.35. The number of hydrogen-bond acceptors (Lipinski definition) is 2. The van der Waals surface area contributed by atoms with E-state index in [4.69, 9.17) is 0 Å². The molecule has 0 radical (unpaired) electrons. The van der Waals surface area contributed by atoms with E-state index in [1.54, 1.807) is 11.3 Å². The Kier molecular flexibility index (Phi) is 3.80. The second-order valence-corrected chi connectivity index (χ2v) is 5.84. The zero-order valence-electron chi connectivity index (χ0n) is 8.91. The van der Waals surface area contributed by atoms with Gasteiger partial charge in [-0.1, -0.05) is 18.2 Å². The number of halogens is 1. The highest BCUT2D eigenvalue weighted by Gasteiger charge is 1.93. The van der Waals surface area contributed by atoms with Crippen LogP contribution in [0, 0.1) is 0 Å². The smallest absolute Gasteiger partial charge is 0.0704 e. The number of rotatable bonds is 3. The summed E-state index contributed by atoms with van der Waals surface area (Å²) >= 11 is 5.19. The van der Waals surface area contributed by atoms with Gasteiger partial charge in [-0.3, -0.25) is 0 Å². The average Bonchev–Trinajstić information content (AvgIpc) is 2.73. The van der Waals surface area contributed by atoms with Crippen molar-refractivity contribution < 1.29 is 0 Å². The molecule has 2 rings (SSSR count). The summed E-state index contributed by atoms with van der Waals surface area (Å²) in [5, 5.41) is 3.10. The maximum Gasteiger partial charge on any atom is 0.0704 e. The molecule has 0 bridgehead atoms. The zero-order chi connectivity index (χ0) is 11.4. The number of thiophene rings is 1. The SMILES string of the molecule is CNc1ccc(/C=C/c2ccc(Br)s2)cc1. The van der Waals surface area contributed by atoms with E-state index in [1.165, 1.54) is 10.4 Å². The first kappa shape index (κ1) is 11.4. The molecule has 0 atom stereocenters. The van der Waals surface area contributed by atoms with Crippen molar-refractivity contribution in [3.05, 3.63) is 50.6 Å². The van der Waals surface area contributed by atoms with Gasteiger partial charge < -0.3 is 5.32 Å². The van der Waals surface area contributed by atoms with Gasteiger partial charge >= 0.3 is 0 Å². The lowest BCUT2D eigenvalue weighted by Crippen LogP contribution is -1.86. The van der Waals surface area contributed by atoms with Crippen LogP contribution in [0.25, 0.3) is 12.2 Å². The maximum atomic E-state index is 3.45. The predicted octanol–water partition coefficient (Wildman–Crippen LogP) is 4.72. The monoisotopic (exact) mass is 293 g/mol. The Morgan fingerprint density at radius 3 is 2.38 bits per heavy atom. The Bertz CT molecular complexity index is 485. The number of hydrogen-bond donors (Lipinski definition) is 1. The number of benzene rings is 1. The van der Waals surface area contributed by atoms with E-state index in [0.717, 1.165) is 9.47 Å². The second kappa shape index (κ2) is 5.32. The summed E-state index contributed by atoms with van der Waals surface area (Å²) in [6.07, 6.45) is 4.25. The van der Waals surface area contributed by atoms with Gasteiger partial charge in [0, 0.05) is 17.6 Å². The van der Waals surface area contributed by atoms with Crippen LogP contribution in [0.2, 0.25) is 0 Å². The first-order chi connectivity index (χ1) is 7.78. The Hall–Kier alpha value is -1.06. The molecule has 1 N–H and O–H groups in total. The van der Waals surface area contributed by atoms with Crippen molar-refractivity contribution in [3.63, 3.8) is 0 Å². The lowest BCUT2D eigenvalue weighted by molar-refractivity contribution is 1.51. The van der Waals surface area contributed by atoms with Gasteiger partial charge in [-0.15, -0.1) is 11.3 Å². The van der Waals surface area contributed by atoms with Crippen LogP contribution in [-0.4, -0.2) is 7.05 Å². The van der Waals surface area contributed by atoms with Crippen LogP contribution in [0.4, 0.5) is 5.69 Å². The van der Waals surface area contributed by atoms with Gasteiger partial charge in [0.25, 0.3) is 0 Å². The molecule has 1 heterocycles. The summed E-state index contributed by atoms with van der Waals surface area (Å²) in [4.78, 5) is 1.25. The van der Waals surface area contributed by atoms with Crippen molar-refractivity contribution in [2.24, 2.45) is 0 Å². The van der Waals surface area contributed by atoms with E-state index < -0.39 is 0 Å². The first-order valence-electron chi connectivity index (χ1n) is 4.99. The quantitative estimate of drug-likeness (QED) is 0.863. The molecule has 0 aliphatic heterocycles. The Morgan fingerprint density at radius 1 is 1.06 bits per heavy atom.